The Kier molecular flexibility index (Phi) is 6.07. The van der Waals surface area contributed by atoms with Gasteiger partial charge in [0.25, 0.3) is 11.7 Å². The number of benzene rings is 2. The Balaban J connectivity index is 1.93. The third-order valence-corrected chi connectivity index (χ3v) is 5.62. The van der Waals surface area contributed by atoms with Crippen LogP contribution in [0.2, 0.25) is 5.02 Å². The van der Waals surface area contributed by atoms with Gasteiger partial charge >= 0.3 is 0 Å². The number of aromatic nitrogens is 1. The van der Waals surface area contributed by atoms with Gasteiger partial charge in [-0.1, -0.05) is 17.7 Å². The molecule has 1 fully saturated rings. The van der Waals surface area contributed by atoms with E-state index in [0.29, 0.717) is 23.5 Å². The molecule has 168 valence electrons. The highest BCUT2D eigenvalue weighted by Gasteiger charge is 2.47. The van der Waals surface area contributed by atoms with Crippen LogP contribution in [0.5, 0.6) is 11.5 Å². The van der Waals surface area contributed by atoms with Crippen molar-refractivity contribution in [3.05, 3.63) is 88.2 Å². The average molecular weight is 465 g/mol. The van der Waals surface area contributed by atoms with Gasteiger partial charge in [-0.25, -0.2) is 0 Å². The Morgan fingerprint density at radius 3 is 2.64 bits per heavy atom. The Morgan fingerprint density at radius 2 is 1.97 bits per heavy atom. The fourth-order valence-corrected chi connectivity index (χ4v) is 4.06. The molecule has 0 aliphatic carbocycles. The normalized spacial score (nSPS) is 17.4. The van der Waals surface area contributed by atoms with Crippen LogP contribution in [-0.2, 0) is 9.59 Å². The van der Waals surface area contributed by atoms with Crippen molar-refractivity contribution >= 4 is 34.7 Å². The highest BCUT2D eigenvalue weighted by atomic mass is 35.5. The maximum atomic E-state index is 13.2. The summed E-state index contributed by atoms with van der Waals surface area (Å²) < 4.78 is 5.55. The molecule has 1 aromatic heterocycles. The number of hydrogen-bond acceptors (Lipinski definition) is 6. The first-order valence-corrected chi connectivity index (χ1v) is 10.6. The molecule has 1 saturated heterocycles. The summed E-state index contributed by atoms with van der Waals surface area (Å²) in [5.41, 5.74) is 1.55. The number of Topliss-reactive ketones (excluding diaryl/α,β-unsaturated/α-hetero) is 1. The summed E-state index contributed by atoms with van der Waals surface area (Å²) in [6.07, 6.45) is 3.06. The van der Waals surface area contributed by atoms with E-state index in [4.69, 9.17) is 16.3 Å². The number of ether oxygens (including phenoxy) is 1. The van der Waals surface area contributed by atoms with Crippen molar-refractivity contribution in [2.24, 2.45) is 0 Å². The summed E-state index contributed by atoms with van der Waals surface area (Å²) in [5, 5.41) is 21.9. The third-order valence-electron chi connectivity index (χ3n) is 5.39. The van der Waals surface area contributed by atoms with Gasteiger partial charge in [-0.3, -0.25) is 19.5 Å². The molecular formula is C25H21ClN2O5. The predicted molar refractivity (Wildman–Crippen MR) is 124 cm³/mol. The summed E-state index contributed by atoms with van der Waals surface area (Å²) >= 11 is 6.11. The number of phenolic OH excluding ortho intramolecular Hbond substituents is 1. The quantitative estimate of drug-likeness (QED) is 0.320. The summed E-state index contributed by atoms with van der Waals surface area (Å²) in [6, 6.07) is 11.5. The molecule has 0 radical (unpaired) electrons. The summed E-state index contributed by atoms with van der Waals surface area (Å²) in [5.74, 6) is -1.69. The number of hydrogen-bond donors (Lipinski definition) is 2. The zero-order chi connectivity index (χ0) is 23.7. The van der Waals surface area contributed by atoms with Crippen LogP contribution in [0.15, 0.2) is 66.5 Å². The molecule has 1 atom stereocenters. The van der Waals surface area contributed by atoms with Crippen molar-refractivity contribution in [2.75, 3.05) is 11.5 Å². The van der Waals surface area contributed by atoms with Crippen LogP contribution in [0, 0.1) is 6.92 Å². The number of anilines is 1. The average Bonchev–Trinajstić information content (AvgIpc) is 3.07. The van der Waals surface area contributed by atoms with Crippen molar-refractivity contribution in [2.45, 2.75) is 19.9 Å². The lowest BCUT2D eigenvalue weighted by atomic mass is 9.95. The van der Waals surface area contributed by atoms with Crippen LogP contribution in [0.25, 0.3) is 5.76 Å². The fourth-order valence-electron chi connectivity index (χ4n) is 3.89. The zero-order valence-electron chi connectivity index (χ0n) is 17.9. The van der Waals surface area contributed by atoms with Gasteiger partial charge in [-0.15, -0.1) is 0 Å². The first-order valence-electron chi connectivity index (χ1n) is 10.3. The van der Waals surface area contributed by atoms with Crippen LogP contribution in [0.3, 0.4) is 0 Å². The SMILES string of the molecule is CCOc1ccc(/C(O)=C2\C(=O)C(=O)N(c3cc(Cl)ccc3O)C2c2cccnc2)cc1C. The van der Waals surface area contributed by atoms with Crippen molar-refractivity contribution in [3.63, 3.8) is 0 Å². The molecule has 0 bridgehead atoms. The molecule has 33 heavy (non-hydrogen) atoms. The Bertz CT molecular complexity index is 1270. The fraction of sp³-hybridized carbons (Fsp3) is 0.160. The molecule has 2 heterocycles. The van der Waals surface area contributed by atoms with Crippen molar-refractivity contribution in [1.82, 2.24) is 4.98 Å². The largest absolute Gasteiger partial charge is 0.507 e. The number of nitrogens with zero attached hydrogens (tertiary/aromatic N) is 2. The van der Waals surface area contributed by atoms with E-state index in [2.05, 4.69) is 4.98 Å². The number of phenols is 1. The van der Waals surface area contributed by atoms with Gasteiger partial charge in [0, 0.05) is 23.0 Å². The highest BCUT2D eigenvalue weighted by molar-refractivity contribution is 6.52. The van der Waals surface area contributed by atoms with Gasteiger partial charge in [0.2, 0.25) is 0 Å². The van der Waals surface area contributed by atoms with Gasteiger partial charge < -0.3 is 14.9 Å². The van der Waals surface area contributed by atoms with E-state index in [1.807, 2.05) is 13.8 Å². The number of rotatable bonds is 5. The molecule has 7 nitrogen and oxygen atoms in total. The number of aromatic hydroxyl groups is 1. The maximum Gasteiger partial charge on any atom is 0.300 e. The predicted octanol–water partition coefficient (Wildman–Crippen LogP) is 4.77. The Labute approximate surface area is 195 Å². The molecule has 1 unspecified atom stereocenters. The van der Waals surface area contributed by atoms with Crippen LogP contribution in [-0.4, -0.2) is 33.5 Å². The molecule has 3 aromatic rings. The van der Waals surface area contributed by atoms with Gasteiger partial charge in [-0.05, 0) is 67.4 Å². The number of carbonyl (C=O) groups is 2. The van der Waals surface area contributed by atoms with E-state index in [9.17, 15) is 19.8 Å². The van der Waals surface area contributed by atoms with E-state index in [0.717, 1.165) is 10.5 Å². The second-order valence-corrected chi connectivity index (χ2v) is 7.94. The van der Waals surface area contributed by atoms with Gasteiger partial charge in [0.1, 0.15) is 17.3 Å². The topological polar surface area (TPSA) is 100.0 Å². The number of halogens is 1. The Hall–Kier alpha value is -3.84. The van der Waals surface area contributed by atoms with Crippen molar-refractivity contribution < 1.29 is 24.5 Å². The van der Waals surface area contributed by atoms with Crippen molar-refractivity contribution in [1.29, 1.82) is 0 Å². The first kappa shape index (κ1) is 22.4. The van der Waals surface area contributed by atoms with Crippen molar-refractivity contribution in [3.8, 4) is 11.5 Å². The second-order valence-electron chi connectivity index (χ2n) is 7.50. The number of carbonyl (C=O) groups excluding carboxylic acids is 2. The number of pyridine rings is 1. The van der Waals surface area contributed by atoms with E-state index in [-0.39, 0.29) is 27.8 Å². The third kappa shape index (κ3) is 4.03. The molecule has 1 amide bonds. The number of ketones is 1. The minimum absolute atomic E-state index is 0.0559. The monoisotopic (exact) mass is 464 g/mol. The van der Waals surface area contributed by atoms with Crippen LogP contribution >= 0.6 is 11.6 Å². The molecule has 2 N–H and O–H groups in total. The van der Waals surface area contributed by atoms with E-state index in [1.165, 1.54) is 24.4 Å². The van der Waals surface area contributed by atoms with E-state index < -0.39 is 17.7 Å². The number of aliphatic hydroxyl groups excluding tert-OH is 1. The standard InChI is InChI=1S/C25H21ClN2O5/c1-3-33-20-9-6-15(11-14(20)2)23(30)21-22(16-5-4-10-27-13-16)28(25(32)24(21)31)18-12-17(26)7-8-19(18)29/h4-13,22,29-30H,3H2,1-2H3/b23-21+. The first-order chi connectivity index (χ1) is 15.8. The Morgan fingerprint density at radius 1 is 1.18 bits per heavy atom. The second kappa shape index (κ2) is 8.96. The minimum Gasteiger partial charge on any atom is -0.507 e. The minimum atomic E-state index is -1.02. The maximum absolute atomic E-state index is 13.2. The van der Waals surface area contributed by atoms with E-state index >= 15 is 0 Å². The van der Waals surface area contributed by atoms with Gasteiger partial charge in [0.15, 0.2) is 0 Å². The molecule has 4 rings (SSSR count). The zero-order valence-corrected chi connectivity index (χ0v) is 18.7. The number of aryl methyl sites for hydroxylation is 1. The molecule has 0 spiro atoms. The van der Waals surface area contributed by atoms with Crippen LogP contribution < -0.4 is 9.64 Å². The molecule has 8 heteroatoms. The summed E-state index contributed by atoms with van der Waals surface area (Å²) in [7, 11) is 0. The lowest BCUT2D eigenvalue weighted by Gasteiger charge is -2.26. The lowest BCUT2D eigenvalue weighted by Crippen LogP contribution is -2.29. The molecule has 2 aromatic carbocycles. The number of aliphatic hydroxyl groups is 1. The number of amides is 1. The highest BCUT2D eigenvalue weighted by Crippen LogP contribution is 2.45. The van der Waals surface area contributed by atoms with Gasteiger partial charge in [0.05, 0.1) is 23.9 Å². The summed E-state index contributed by atoms with van der Waals surface area (Å²) in [4.78, 5) is 31.5. The molecule has 1 aliphatic heterocycles. The summed E-state index contributed by atoms with van der Waals surface area (Å²) in [6.45, 7) is 4.18. The lowest BCUT2D eigenvalue weighted by molar-refractivity contribution is -0.132. The molecular weight excluding hydrogens is 444 g/mol. The molecule has 0 saturated carbocycles. The van der Waals surface area contributed by atoms with E-state index in [1.54, 1.807) is 36.5 Å². The molecule has 1 aliphatic rings. The van der Waals surface area contributed by atoms with Gasteiger partial charge in [-0.2, -0.15) is 0 Å². The smallest absolute Gasteiger partial charge is 0.300 e. The van der Waals surface area contributed by atoms with Crippen LogP contribution in [0.1, 0.15) is 29.7 Å². The van der Waals surface area contributed by atoms with Crippen LogP contribution in [0.4, 0.5) is 5.69 Å².